The maximum atomic E-state index is 11.1. The molecule has 0 fully saturated rings. The number of carbonyl (C=O) groups is 1. The lowest BCUT2D eigenvalue weighted by Gasteiger charge is -2.12. The molecule has 0 bridgehead atoms. The number of thioether (sulfide) groups is 1. The van der Waals surface area contributed by atoms with Crippen LogP contribution in [-0.4, -0.2) is 32.9 Å². The molecule has 0 amide bonds. The highest BCUT2D eigenvalue weighted by molar-refractivity contribution is 8.15. The van der Waals surface area contributed by atoms with E-state index in [2.05, 4.69) is 42.9 Å². The fraction of sp³-hybridized carbons (Fsp3) is 0.286. The fourth-order valence-corrected chi connectivity index (χ4v) is 5.39. The number of rotatable bonds is 5. The number of thiazole rings is 1. The molecular weight excluding hydrogens is 392 g/mol. The van der Waals surface area contributed by atoms with Crippen molar-refractivity contribution in [3.05, 3.63) is 57.6 Å². The van der Waals surface area contributed by atoms with Crippen molar-refractivity contribution in [1.29, 1.82) is 0 Å². The van der Waals surface area contributed by atoms with Crippen LogP contribution >= 0.6 is 23.1 Å². The molecule has 4 rings (SSSR count). The molecule has 0 unspecified atom stereocenters. The van der Waals surface area contributed by atoms with Gasteiger partial charge in [-0.05, 0) is 55.7 Å². The van der Waals surface area contributed by atoms with E-state index in [1.807, 2.05) is 18.2 Å². The van der Waals surface area contributed by atoms with Gasteiger partial charge in [-0.25, -0.2) is 9.78 Å². The molecule has 0 aliphatic carbocycles. The van der Waals surface area contributed by atoms with Crippen LogP contribution in [-0.2, 0) is 11.4 Å². The van der Waals surface area contributed by atoms with E-state index in [0.717, 1.165) is 21.0 Å². The van der Waals surface area contributed by atoms with E-state index in [4.69, 9.17) is 9.84 Å². The lowest BCUT2D eigenvalue weighted by Crippen LogP contribution is -2.17. The van der Waals surface area contributed by atoms with Crippen molar-refractivity contribution in [1.82, 2.24) is 4.98 Å². The first kappa shape index (κ1) is 19.0. The summed E-state index contributed by atoms with van der Waals surface area (Å²) in [5.41, 5.74) is 5.82. The third-order valence-corrected chi connectivity index (χ3v) is 6.91. The molecule has 2 aromatic carbocycles. The van der Waals surface area contributed by atoms with Crippen LogP contribution in [0.5, 0.6) is 5.75 Å². The van der Waals surface area contributed by atoms with Crippen LogP contribution in [0.3, 0.4) is 0 Å². The molecule has 144 valence electrons. The first-order valence-electron chi connectivity index (χ1n) is 8.94. The van der Waals surface area contributed by atoms with Gasteiger partial charge in [0, 0.05) is 5.75 Å². The highest BCUT2D eigenvalue weighted by Crippen LogP contribution is 2.32. The molecule has 0 saturated carbocycles. The van der Waals surface area contributed by atoms with Gasteiger partial charge in [0.2, 0.25) is 0 Å². The highest BCUT2D eigenvalue weighted by Gasteiger charge is 2.26. The van der Waals surface area contributed by atoms with Crippen LogP contribution < -0.4 is 4.74 Å². The van der Waals surface area contributed by atoms with Crippen LogP contribution in [0.1, 0.15) is 27.3 Å². The second-order valence-corrected chi connectivity index (χ2v) is 8.95. The minimum Gasteiger partial charge on any atom is -0.489 e. The molecule has 1 N–H and O–H groups in total. The molecule has 0 spiro atoms. The van der Waals surface area contributed by atoms with Crippen LogP contribution in [0, 0.1) is 20.8 Å². The largest absolute Gasteiger partial charge is 0.489 e. The number of fused-ring (bicyclic) bond motifs is 1. The van der Waals surface area contributed by atoms with Gasteiger partial charge in [0.15, 0.2) is 6.04 Å². The van der Waals surface area contributed by atoms with Gasteiger partial charge in [0.05, 0.1) is 10.2 Å². The van der Waals surface area contributed by atoms with Crippen LogP contribution in [0.4, 0.5) is 0 Å². The van der Waals surface area contributed by atoms with Crippen molar-refractivity contribution < 1.29 is 14.6 Å². The zero-order valence-corrected chi connectivity index (χ0v) is 17.5. The second-order valence-electron chi connectivity index (χ2n) is 6.91. The predicted molar refractivity (Wildman–Crippen MR) is 115 cm³/mol. The van der Waals surface area contributed by atoms with E-state index in [0.29, 0.717) is 17.4 Å². The Kier molecular flexibility index (Phi) is 5.12. The number of aryl methyl sites for hydroxylation is 3. The average molecular weight is 413 g/mol. The lowest BCUT2D eigenvalue weighted by atomic mass is 10.0. The lowest BCUT2D eigenvalue weighted by molar-refractivity contribution is -0.137. The number of aliphatic imine (C=N–C) groups is 1. The third-order valence-electron chi connectivity index (χ3n) is 4.70. The molecule has 1 aliphatic heterocycles. The van der Waals surface area contributed by atoms with Crippen molar-refractivity contribution in [3.8, 4) is 5.75 Å². The summed E-state index contributed by atoms with van der Waals surface area (Å²) in [6.45, 7) is 6.85. The predicted octanol–water partition coefficient (Wildman–Crippen LogP) is 4.75. The zero-order valence-electron chi connectivity index (χ0n) is 15.9. The van der Waals surface area contributed by atoms with E-state index < -0.39 is 12.0 Å². The Morgan fingerprint density at radius 1 is 1.21 bits per heavy atom. The molecule has 5 nitrogen and oxygen atoms in total. The van der Waals surface area contributed by atoms with Gasteiger partial charge in [-0.3, -0.25) is 4.99 Å². The number of ether oxygens (including phenoxy) is 1. The minimum absolute atomic E-state index is 0.463. The maximum Gasteiger partial charge on any atom is 0.329 e. The summed E-state index contributed by atoms with van der Waals surface area (Å²) in [4.78, 5) is 20.0. The first-order chi connectivity index (χ1) is 13.4. The molecule has 1 atom stereocenters. The Balaban J connectivity index is 1.54. The molecule has 0 radical (unpaired) electrons. The molecule has 1 aromatic heterocycles. The van der Waals surface area contributed by atoms with Gasteiger partial charge < -0.3 is 9.84 Å². The summed E-state index contributed by atoms with van der Waals surface area (Å²) < 4.78 is 7.06. The number of aliphatic carboxylic acids is 1. The summed E-state index contributed by atoms with van der Waals surface area (Å²) >= 11 is 2.97. The summed E-state index contributed by atoms with van der Waals surface area (Å²) in [5.74, 6) is 0.372. The topological polar surface area (TPSA) is 71.8 Å². The number of nitrogens with zero attached hydrogens (tertiary/aromatic N) is 2. The SMILES string of the molecule is Cc1cc(C)c(COc2ccc3nc(C4=N[C@@H](C(=O)O)CS4)sc3c2)c(C)c1. The van der Waals surface area contributed by atoms with Gasteiger partial charge >= 0.3 is 5.97 Å². The number of aromatic nitrogens is 1. The maximum absolute atomic E-state index is 11.1. The van der Waals surface area contributed by atoms with Crippen molar-refractivity contribution in [3.63, 3.8) is 0 Å². The Morgan fingerprint density at radius 2 is 1.96 bits per heavy atom. The minimum atomic E-state index is -0.888. The van der Waals surface area contributed by atoms with Crippen molar-refractivity contribution >= 4 is 44.3 Å². The number of carboxylic acids is 1. The van der Waals surface area contributed by atoms with Crippen molar-refractivity contribution in [2.45, 2.75) is 33.4 Å². The molecule has 3 aromatic rings. The quantitative estimate of drug-likeness (QED) is 0.655. The van der Waals surface area contributed by atoms with Gasteiger partial charge in [-0.1, -0.05) is 17.7 Å². The number of benzene rings is 2. The van der Waals surface area contributed by atoms with E-state index in [1.165, 1.54) is 45.4 Å². The monoisotopic (exact) mass is 412 g/mol. The Labute approximate surface area is 171 Å². The smallest absolute Gasteiger partial charge is 0.329 e. The molecular formula is C21H20N2O3S2. The molecule has 1 aliphatic rings. The van der Waals surface area contributed by atoms with E-state index in [1.54, 1.807) is 0 Å². The number of hydrogen-bond acceptors (Lipinski definition) is 6. The first-order valence-corrected chi connectivity index (χ1v) is 10.7. The summed E-state index contributed by atoms with van der Waals surface area (Å²) in [6.07, 6.45) is 0. The molecule has 2 heterocycles. The highest BCUT2D eigenvalue weighted by atomic mass is 32.2. The van der Waals surface area contributed by atoms with E-state index in [9.17, 15) is 4.79 Å². The third kappa shape index (κ3) is 3.77. The van der Waals surface area contributed by atoms with Crippen LogP contribution in [0.15, 0.2) is 35.3 Å². The Hall–Kier alpha value is -2.38. The van der Waals surface area contributed by atoms with Gasteiger partial charge in [-0.2, -0.15) is 0 Å². The van der Waals surface area contributed by atoms with Gasteiger partial charge in [0.25, 0.3) is 0 Å². The number of carboxylic acid groups (broad SMARTS) is 1. The van der Waals surface area contributed by atoms with Gasteiger partial charge in [-0.15, -0.1) is 23.1 Å². The Bertz CT molecular complexity index is 1080. The zero-order chi connectivity index (χ0) is 19.8. The average Bonchev–Trinajstić information content (AvgIpc) is 3.27. The summed E-state index contributed by atoms with van der Waals surface area (Å²) in [7, 11) is 0. The summed E-state index contributed by atoms with van der Waals surface area (Å²) in [6, 6.07) is 9.53. The van der Waals surface area contributed by atoms with E-state index >= 15 is 0 Å². The van der Waals surface area contributed by atoms with Crippen molar-refractivity contribution in [2.24, 2.45) is 4.99 Å². The second kappa shape index (κ2) is 7.56. The number of hydrogen-bond donors (Lipinski definition) is 1. The van der Waals surface area contributed by atoms with Crippen LogP contribution in [0.25, 0.3) is 10.2 Å². The fourth-order valence-electron chi connectivity index (χ4n) is 3.30. The Morgan fingerprint density at radius 3 is 2.64 bits per heavy atom. The van der Waals surface area contributed by atoms with Crippen molar-refractivity contribution in [2.75, 3.05) is 5.75 Å². The normalized spacial score (nSPS) is 16.4. The summed E-state index contributed by atoms with van der Waals surface area (Å²) in [5, 5.41) is 10.6. The molecule has 28 heavy (non-hydrogen) atoms. The van der Waals surface area contributed by atoms with Gasteiger partial charge in [0.1, 0.15) is 22.4 Å². The van der Waals surface area contributed by atoms with E-state index in [-0.39, 0.29) is 0 Å². The standard InChI is InChI=1S/C21H20N2O3S2/c1-11-6-12(2)15(13(3)7-11)9-26-14-4-5-16-18(8-14)28-20(22-16)19-23-17(10-27-19)21(24)25/h4-8,17H,9-10H2,1-3H3,(H,24,25)/t17-/m1/s1. The van der Waals surface area contributed by atoms with Crippen LogP contribution in [0.2, 0.25) is 0 Å². The molecule has 0 saturated heterocycles. The molecule has 7 heteroatoms.